The van der Waals surface area contributed by atoms with Crippen LogP contribution in [0.5, 0.6) is 0 Å². The molecule has 17 heavy (non-hydrogen) atoms. The number of rotatable bonds is 5. The van der Waals surface area contributed by atoms with Gasteiger partial charge in [-0.05, 0) is 31.2 Å². The molecule has 0 saturated heterocycles. The lowest BCUT2D eigenvalue weighted by molar-refractivity contribution is -0.384. The van der Waals surface area contributed by atoms with Gasteiger partial charge < -0.3 is 5.32 Å². The van der Waals surface area contributed by atoms with E-state index >= 15 is 0 Å². The molecular weight excluding hydrogens is 236 g/mol. The van der Waals surface area contributed by atoms with Crippen molar-refractivity contribution in [1.29, 1.82) is 0 Å². The first-order chi connectivity index (χ1) is 8.15. The fraction of sp³-hybridized carbons (Fsp3) is 0.500. The van der Waals surface area contributed by atoms with Crippen LogP contribution >= 0.6 is 11.8 Å². The van der Waals surface area contributed by atoms with Crippen molar-refractivity contribution in [1.82, 2.24) is 0 Å². The minimum atomic E-state index is -0.376. The predicted molar refractivity (Wildman–Crippen MR) is 71.7 cm³/mol. The topological polar surface area (TPSA) is 55.2 Å². The first-order valence-corrected chi connectivity index (χ1v) is 6.91. The maximum absolute atomic E-state index is 10.5. The fourth-order valence-corrected chi connectivity index (χ4v) is 2.90. The number of nitro benzene ring substituents is 1. The Kier molecular flexibility index (Phi) is 3.57. The molecular formula is C12H16N2O2S. The molecule has 5 heteroatoms. The second kappa shape index (κ2) is 4.96. The van der Waals surface area contributed by atoms with Crippen molar-refractivity contribution in [3.05, 3.63) is 34.4 Å². The Hall–Kier alpha value is -1.23. The summed E-state index contributed by atoms with van der Waals surface area (Å²) in [6, 6.07) is 6.61. The van der Waals surface area contributed by atoms with Gasteiger partial charge in [-0.1, -0.05) is 6.42 Å². The van der Waals surface area contributed by atoms with E-state index in [4.69, 9.17) is 0 Å². The highest BCUT2D eigenvalue weighted by atomic mass is 32.2. The first-order valence-electron chi connectivity index (χ1n) is 5.69. The van der Waals surface area contributed by atoms with E-state index in [1.165, 1.54) is 31.4 Å². The van der Waals surface area contributed by atoms with Crippen LogP contribution in [0.2, 0.25) is 0 Å². The van der Waals surface area contributed by atoms with Gasteiger partial charge in [0, 0.05) is 29.1 Å². The highest BCUT2D eigenvalue weighted by molar-refractivity contribution is 8.00. The SMILES string of the molecule is CSC1(CNc2ccc([N+](=O)[O-])cc2)CCC1. The van der Waals surface area contributed by atoms with Gasteiger partial charge in [0.25, 0.3) is 5.69 Å². The number of hydrogen-bond donors (Lipinski definition) is 1. The third-order valence-electron chi connectivity index (χ3n) is 3.39. The third-order valence-corrected chi connectivity index (χ3v) is 4.81. The third kappa shape index (κ3) is 2.72. The van der Waals surface area contributed by atoms with E-state index in [-0.39, 0.29) is 10.6 Å². The summed E-state index contributed by atoms with van der Waals surface area (Å²) >= 11 is 1.92. The lowest BCUT2D eigenvalue weighted by Crippen LogP contribution is -2.40. The maximum Gasteiger partial charge on any atom is 0.269 e. The summed E-state index contributed by atoms with van der Waals surface area (Å²) in [5, 5.41) is 13.9. The minimum absolute atomic E-state index is 0.138. The van der Waals surface area contributed by atoms with E-state index < -0.39 is 0 Å². The molecule has 0 spiro atoms. The highest BCUT2D eigenvalue weighted by Crippen LogP contribution is 2.42. The lowest BCUT2D eigenvalue weighted by atomic mass is 9.84. The molecule has 0 heterocycles. The Morgan fingerprint density at radius 3 is 2.47 bits per heavy atom. The molecule has 0 unspecified atom stereocenters. The molecule has 1 aromatic carbocycles. The highest BCUT2D eigenvalue weighted by Gasteiger charge is 2.35. The quantitative estimate of drug-likeness (QED) is 0.645. The molecule has 1 aromatic rings. The summed E-state index contributed by atoms with van der Waals surface area (Å²) in [5.41, 5.74) is 1.09. The van der Waals surface area contributed by atoms with E-state index in [2.05, 4.69) is 11.6 Å². The smallest absolute Gasteiger partial charge is 0.269 e. The van der Waals surface area contributed by atoms with E-state index in [9.17, 15) is 10.1 Å². The van der Waals surface area contributed by atoms with Gasteiger partial charge >= 0.3 is 0 Å². The first kappa shape index (κ1) is 12.2. The van der Waals surface area contributed by atoms with Crippen LogP contribution in [0.4, 0.5) is 11.4 Å². The molecule has 0 aliphatic heterocycles. The normalized spacial score (nSPS) is 17.2. The number of hydrogen-bond acceptors (Lipinski definition) is 4. The van der Waals surface area contributed by atoms with Gasteiger partial charge in [0.05, 0.1) is 4.92 Å². The molecule has 1 N–H and O–H groups in total. The zero-order chi connectivity index (χ0) is 12.3. The second-order valence-electron chi connectivity index (χ2n) is 4.40. The van der Waals surface area contributed by atoms with Gasteiger partial charge in [0.15, 0.2) is 0 Å². The van der Waals surface area contributed by atoms with Crippen molar-refractivity contribution in [3.63, 3.8) is 0 Å². The summed E-state index contributed by atoms with van der Waals surface area (Å²) < 4.78 is 0.377. The fourth-order valence-electron chi connectivity index (χ4n) is 1.99. The molecule has 0 aromatic heterocycles. The van der Waals surface area contributed by atoms with Crippen LogP contribution in [0.15, 0.2) is 24.3 Å². The second-order valence-corrected chi connectivity index (χ2v) is 5.67. The predicted octanol–water partition coefficient (Wildman–Crippen LogP) is 3.29. The number of thioether (sulfide) groups is 1. The van der Waals surface area contributed by atoms with Gasteiger partial charge in [-0.15, -0.1) is 0 Å². The number of non-ortho nitro benzene ring substituents is 1. The minimum Gasteiger partial charge on any atom is -0.384 e. The molecule has 1 aliphatic rings. The molecule has 4 nitrogen and oxygen atoms in total. The van der Waals surface area contributed by atoms with Crippen molar-refractivity contribution >= 4 is 23.1 Å². The average molecular weight is 252 g/mol. The largest absolute Gasteiger partial charge is 0.384 e. The Labute approximate surface area is 105 Å². The Morgan fingerprint density at radius 1 is 1.41 bits per heavy atom. The van der Waals surface area contributed by atoms with Gasteiger partial charge in [0.2, 0.25) is 0 Å². The summed E-state index contributed by atoms with van der Waals surface area (Å²) in [6.45, 7) is 0.936. The molecule has 0 radical (unpaired) electrons. The van der Waals surface area contributed by atoms with E-state index in [0.717, 1.165) is 12.2 Å². The van der Waals surface area contributed by atoms with Gasteiger partial charge in [0.1, 0.15) is 0 Å². The van der Waals surface area contributed by atoms with Crippen LogP contribution in [0, 0.1) is 10.1 Å². The Bertz CT molecular complexity index is 396. The lowest BCUT2D eigenvalue weighted by Gasteiger charge is -2.40. The summed E-state index contributed by atoms with van der Waals surface area (Å²) in [7, 11) is 0. The molecule has 1 saturated carbocycles. The molecule has 0 amide bonds. The summed E-state index contributed by atoms with van der Waals surface area (Å²) in [4.78, 5) is 10.1. The Morgan fingerprint density at radius 2 is 2.06 bits per heavy atom. The van der Waals surface area contributed by atoms with Crippen molar-refractivity contribution in [2.24, 2.45) is 0 Å². The van der Waals surface area contributed by atoms with Crippen molar-refractivity contribution < 1.29 is 4.92 Å². The van der Waals surface area contributed by atoms with Gasteiger partial charge in [-0.25, -0.2) is 0 Å². The van der Waals surface area contributed by atoms with Crippen LogP contribution in [0.1, 0.15) is 19.3 Å². The number of nitrogens with one attached hydrogen (secondary N) is 1. The van der Waals surface area contributed by atoms with Crippen molar-refractivity contribution in [2.75, 3.05) is 18.1 Å². The summed E-state index contributed by atoms with van der Waals surface area (Å²) in [6.07, 6.45) is 5.97. The number of nitrogens with zero attached hydrogens (tertiary/aromatic N) is 1. The van der Waals surface area contributed by atoms with Crippen molar-refractivity contribution in [2.45, 2.75) is 24.0 Å². The van der Waals surface area contributed by atoms with E-state index in [0.29, 0.717) is 4.75 Å². The van der Waals surface area contributed by atoms with Crippen LogP contribution < -0.4 is 5.32 Å². The number of benzene rings is 1. The molecule has 92 valence electrons. The van der Waals surface area contributed by atoms with Crippen LogP contribution in [-0.4, -0.2) is 22.5 Å². The Balaban J connectivity index is 1.93. The van der Waals surface area contributed by atoms with E-state index in [1.54, 1.807) is 12.1 Å². The van der Waals surface area contributed by atoms with Crippen molar-refractivity contribution in [3.8, 4) is 0 Å². The van der Waals surface area contributed by atoms with Crippen LogP contribution in [0.3, 0.4) is 0 Å². The van der Waals surface area contributed by atoms with Crippen LogP contribution in [-0.2, 0) is 0 Å². The van der Waals surface area contributed by atoms with Crippen LogP contribution in [0.25, 0.3) is 0 Å². The maximum atomic E-state index is 10.5. The van der Waals surface area contributed by atoms with Gasteiger partial charge in [-0.2, -0.15) is 11.8 Å². The van der Waals surface area contributed by atoms with Gasteiger partial charge in [-0.3, -0.25) is 10.1 Å². The zero-order valence-corrected chi connectivity index (χ0v) is 10.6. The molecule has 1 aliphatic carbocycles. The average Bonchev–Trinajstić information content (AvgIpc) is 2.29. The zero-order valence-electron chi connectivity index (χ0n) is 9.81. The standard InChI is InChI=1S/C12H16N2O2S/c1-17-12(7-2-8-12)9-13-10-3-5-11(6-4-10)14(15)16/h3-6,13H,2,7-9H2,1H3. The van der Waals surface area contributed by atoms with E-state index in [1.807, 2.05) is 11.8 Å². The number of nitro groups is 1. The molecule has 2 rings (SSSR count). The monoisotopic (exact) mass is 252 g/mol. The molecule has 1 fully saturated rings. The molecule has 0 bridgehead atoms. The number of anilines is 1. The molecule has 0 atom stereocenters. The summed E-state index contributed by atoms with van der Waals surface area (Å²) in [5.74, 6) is 0.